The molecule has 4 nitrogen and oxygen atoms in total. The van der Waals surface area contributed by atoms with Crippen LogP contribution in [0.4, 0.5) is 21.6 Å². The van der Waals surface area contributed by atoms with Crippen molar-refractivity contribution in [1.82, 2.24) is 4.98 Å². The fourth-order valence-electron chi connectivity index (χ4n) is 1.81. The molecule has 0 fully saturated rings. The van der Waals surface area contributed by atoms with E-state index in [9.17, 15) is 4.39 Å². The lowest BCUT2D eigenvalue weighted by Gasteiger charge is -2.05. The number of furan rings is 1. The molecule has 3 rings (SSSR count). The molecule has 3 N–H and O–H groups in total. The number of fused-ring (bicyclic) bond motifs is 1. The minimum atomic E-state index is -0.312. The summed E-state index contributed by atoms with van der Waals surface area (Å²) in [7, 11) is 0. The van der Waals surface area contributed by atoms with Gasteiger partial charge in [0.05, 0.1) is 6.20 Å². The summed E-state index contributed by atoms with van der Waals surface area (Å²) in [6, 6.07) is 7.93. The Hall–Kier alpha value is -2.56. The van der Waals surface area contributed by atoms with Crippen LogP contribution < -0.4 is 11.1 Å². The zero-order valence-corrected chi connectivity index (χ0v) is 9.35. The number of nitrogen functional groups attached to an aromatic ring is 1. The molecule has 0 unspecified atom stereocenters. The number of benzene rings is 1. The summed E-state index contributed by atoms with van der Waals surface area (Å²) in [6.07, 6.45) is 3.23. The van der Waals surface area contributed by atoms with E-state index in [2.05, 4.69) is 10.3 Å². The first-order valence-electron chi connectivity index (χ1n) is 5.38. The fraction of sp³-hybridized carbons (Fsp3) is 0. The third-order valence-electron chi connectivity index (χ3n) is 2.61. The third-order valence-corrected chi connectivity index (χ3v) is 2.61. The topological polar surface area (TPSA) is 64.1 Å². The van der Waals surface area contributed by atoms with Crippen molar-refractivity contribution in [2.24, 2.45) is 0 Å². The Kier molecular flexibility index (Phi) is 2.37. The molecule has 0 aliphatic carbocycles. The van der Waals surface area contributed by atoms with Gasteiger partial charge in [-0.3, -0.25) is 4.98 Å². The number of anilines is 3. The van der Waals surface area contributed by atoms with Gasteiger partial charge in [-0.25, -0.2) is 4.39 Å². The van der Waals surface area contributed by atoms with Crippen molar-refractivity contribution >= 4 is 28.2 Å². The van der Waals surface area contributed by atoms with Gasteiger partial charge in [-0.1, -0.05) is 6.07 Å². The molecule has 1 aromatic carbocycles. The molecule has 0 spiro atoms. The zero-order chi connectivity index (χ0) is 12.5. The highest BCUT2D eigenvalue weighted by Crippen LogP contribution is 2.34. The van der Waals surface area contributed by atoms with Gasteiger partial charge in [0.2, 0.25) is 5.88 Å². The predicted octanol–water partition coefficient (Wildman–Crippen LogP) is 3.29. The first kappa shape index (κ1) is 10.6. The van der Waals surface area contributed by atoms with Gasteiger partial charge >= 0.3 is 0 Å². The van der Waals surface area contributed by atoms with Crippen LogP contribution in [0, 0.1) is 5.82 Å². The summed E-state index contributed by atoms with van der Waals surface area (Å²) in [5.41, 5.74) is 7.62. The second-order valence-corrected chi connectivity index (χ2v) is 3.85. The SMILES string of the molecule is Nc1oc2cnccc2c1Nc1cccc(F)c1. The normalized spacial score (nSPS) is 10.7. The lowest BCUT2D eigenvalue weighted by molar-refractivity contribution is 0.628. The largest absolute Gasteiger partial charge is 0.437 e. The van der Waals surface area contributed by atoms with E-state index in [1.807, 2.05) is 0 Å². The van der Waals surface area contributed by atoms with Crippen LogP contribution in [-0.4, -0.2) is 4.98 Å². The van der Waals surface area contributed by atoms with Gasteiger partial charge in [-0.15, -0.1) is 0 Å². The fourth-order valence-corrected chi connectivity index (χ4v) is 1.81. The Morgan fingerprint density at radius 1 is 1.28 bits per heavy atom. The maximum absolute atomic E-state index is 13.1. The minimum absolute atomic E-state index is 0.252. The summed E-state index contributed by atoms with van der Waals surface area (Å²) in [6.45, 7) is 0. The Balaban J connectivity index is 2.07. The molecule has 2 heterocycles. The van der Waals surface area contributed by atoms with E-state index in [1.165, 1.54) is 12.1 Å². The standard InChI is InChI=1S/C13H10FN3O/c14-8-2-1-3-9(6-8)17-12-10-4-5-16-7-11(10)18-13(12)15/h1-7,17H,15H2. The van der Waals surface area contributed by atoms with Gasteiger partial charge in [-0.05, 0) is 24.3 Å². The molecule has 5 heteroatoms. The summed E-state index contributed by atoms with van der Waals surface area (Å²) in [4.78, 5) is 3.95. The lowest BCUT2D eigenvalue weighted by atomic mass is 10.2. The molecule has 0 bridgehead atoms. The Bertz CT molecular complexity index is 708. The van der Waals surface area contributed by atoms with Gasteiger partial charge in [0.15, 0.2) is 5.58 Å². The molecule has 0 amide bonds. The van der Waals surface area contributed by atoms with Gasteiger partial charge in [-0.2, -0.15) is 0 Å². The Labute approximate surface area is 102 Å². The van der Waals surface area contributed by atoms with E-state index in [0.29, 0.717) is 17.0 Å². The number of pyridine rings is 1. The summed E-state index contributed by atoms with van der Waals surface area (Å²) in [5.74, 6) is -0.0599. The van der Waals surface area contributed by atoms with Crippen LogP contribution in [0.1, 0.15) is 0 Å². The van der Waals surface area contributed by atoms with E-state index < -0.39 is 0 Å². The molecular weight excluding hydrogens is 233 g/mol. The van der Waals surface area contributed by atoms with Gasteiger partial charge in [0.1, 0.15) is 11.5 Å². The number of rotatable bonds is 2. The summed E-state index contributed by atoms with van der Waals surface area (Å²) < 4.78 is 18.5. The lowest BCUT2D eigenvalue weighted by Crippen LogP contribution is -1.93. The molecule has 0 radical (unpaired) electrons. The van der Waals surface area contributed by atoms with Crippen LogP contribution in [0.5, 0.6) is 0 Å². The Morgan fingerprint density at radius 3 is 3.00 bits per heavy atom. The number of hydrogen-bond donors (Lipinski definition) is 2. The van der Waals surface area contributed by atoms with Crippen LogP contribution in [0.15, 0.2) is 47.1 Å². The third kappa shape index (κ3) is 1.75. The first-order chi connectivity index (χ1) is 8.74. The quantitative estimate of drug-likeness (QED) is 0.724. The highest BCUT2D eigenvalue weighted by Gasteiger charge is 2.11. The van der Waals surface area contributed by atoms with Gasteiger partial charge in [0, 0.05) is 17.3 Å². The highest BCUT2D eigenvalue weighted by atomic mass is 19.1. The number of nitrogens with two attached hydrogens (primary N) is 1. The van der Waals surface area contributed by atoms with Crippen LogP contribution in [-0.2, 0) is 0 Å². The summed E-state index contributed by atoms with van der Waals surface area (Å²) in [5, 5.41) is 3.86. The van der Waals surface area contributed by atoms with E-state index in [4.69, 9.17) is 10.2 Å². The van der Waals surface area contributed by atoms with Gasteiger partial charge in [0.25, 0.3) is 0 Å². The van der Waals surface area contributed by atoms with Crippen molar-refractivity contribution in [3.8, 4) is 0 Å². The van der Waals surface area contributed by atoms with E-state index in [0.717, 1.165) is 5.39 Å². The number of halogens is 1. The molecule has 0 saturated carbocycles. The van der Waals surface area contributed by atoms with Crippen LogP contribution >= 0.6 is 0 Å². The molecule has 0 saturated heterocycles. The zero-order valence-electron chi connectivity index (χ0n) is 9.35. The number of hydrogen-bond acceptors (Lipinski definition) is 4. The van der Waals surface area contributed by atoms with E-state index >= 15 is 0 Å². The molecule has 2 aromatic heterocycles. The van der Waals surface area contributed by atoms with Crippen molar-refractivity contribution in [3.05, 3.63) is 48.5 Å². The smallest absolute Gasteiger partial charge is 0.215 e. The molecular formula is C13H10FN3O. The number of aromatic nitrogens is 1. The molecule has 0 aliphatic heterocycles. The minimum Gasteiger partial charge on any atom is -0.437 e. The van der Waals surface area contributed by atoms with E-state index in [-0.39, 0.29) is 11.7 Å². The van der Waals surface area contributed by atoms with Crippen molar-refractivity contribution in [1.29, 1.82) is 0 Å². The van der Waals surface area contributed by atoms with Crippen molar-refractivity contribution in [3.63, 3.8) is 0 Å². The molecule has 0 aliphatic rings. The molecule has 0 atom stereocenters. The molecule has 18 heavy (non-hydrogen) atoms. The van der Waals surface area contributed by atoms with Crippen molar-refractivity contribution < 1.29 is 8.81 Å². The first-order valence-corrected chi connectivity index (χ1v) is 5.38. The average Bonchev–Trinajstić information content (AvgIpc) is 2.66. The second kappa shape index (κ2) is 4.03. The predicted molar refractivity (Wildman–Crippen MR) is 68.1 cm³/mol. The van der Waals surface area contributed by atoms with E-state index in [1.54, 1.807) is 30.6 Å². The molecule has 90 valence electrons. The van der Waals surface area contributed by atoms with Crippen molar-refractivity contribution in [2.45, 2.75) is 0 Å². The summed E-state index contributed by atoms with van der Waals surface area (Å²) >= 11 is 0. The maximum Gasteiger partial charge on any atom is 0.215 e. The van der Waals surface area contributed by atoms with Crippen LogP contribution in [0.25, 0.3) is 11.0 Å². The maximum atomic E-state index is 13.1. The Morgan fingerprint density at radius 2 is 2.17 bits per heavy atom. The van der Waals surface area contributed by atoms with Gasteiger partial charge < -0.3 is 15.5 Å². The second-order valence-electron chi connectivity index (χ2n) is 3.85. The number of nitrogens with one attached hydrogen (secondary N) is 1. The number of nitrogens with zero attached hydrogens (tertiary/aromatic N) is 1. The average molecular weight is 243 g/mol. The monoisotopic (exact) mass is 243 g/mol. The van der Waals surface area contributed by atoms with Crippen molar-refractivity contribution in [2.75, 3.05) is 11.1 Å². The molecule has 3 aromatic rings. The van der Waals surface area contributed by atoms with Crippen LogP contribution in [0.2, 0.25) is 0 Å². The highest BCUT2D eigenvalue weighted by molar-refractivity contribution is 5.97. The van der Waals surface area contributed by atoms with Crippen LogP contribution in [0.3, 0.4) is 0 Å².